The number of pyridine rings is 1. The van der Waals surface area contributed by atoms with Gasteiger partial charge in [-0.3, -0.25) is 4.98 Å². The van der Waals surface area contributed by atoms with Crippen LogP contribution >= 0.6 is 0 Å². The minimum absolute atomic E-state index is 0.396. The average Bonchev–Trinajstić information content (AvgIpc) is 3.29. The van der Waals surface area contributed by atoms with Crippen molar-refractivity contribution in [1.29, 1.82) is 0 Å². The Balaban J connectivity index is 1.18. The topological polar surface area (TPSA) is 45.2 Å². The predicted octanol–water partition coefficient (Wildman–Crippen LogP) is 4.62. The molecule has 4 heterocycles. The van der Waals surface area contributed by atoms with Crippen LogP contribution in [0.25, 0.3) is 10.9 Å². The number of nitrogens with zero attached hydrogens (tertiary/aromatic N) is 5. The third-order valence-electron chi connectivity index (χ3n) is 6.64. The Kier molecular flexibility index (Phi) is 4.52. The summed E-state index contributed by atoms with van der Waals surface area (Å²) in [5, 5.41) is 1.18. The molecule has 6 rings (SSSR count). The molecule has 1 atom stereocenters. The first-order valence-electron chi connectivity index (χ1n) is 11.1. The maximum absolute atomic E-state index is 4.85. The molecule has 0 saturated carbocycles. The molecule has 4 aromatic rings. The number of aromatic nitrogens is 3. The first-order valence-corrected chi connectivity index (χ1v) is 11.1. The van der Waals surface area contributed by atoms with E-state index in [1.807, 2.05) is 18.5 Å². The maximum Gasteiger partial charge on any atom is 0.150 e. The molecular weight excluding hydrogens is 382 g/mol. The van der Waals surface area contributed by atoms with Crippen molar-refractivity contribution in [2.45, 2.75) is 18.3 Å². The van der Waals surface area contributed by atoms with Gasteiger partial charge in [-0.2, -0.15) is 0 Å². The third-order valence-corrected chi connectivity index (χ3v) is 6.64. The van der Waals surface area contributed by atoms with Crippen molar-refractivity contribution in [2.24, 2.45) is 0 Å². The fourth-order valence-electron chi connectivity index (χ4n) is 4.89. The lowest BCUT2D eigenvalue weighted by atomic mass is 9.95. The van der Waals surface area contributed by atoms with Gasteiger partial charge in [0.1, 0.15) is 5.82 Å². The van der Waals surface area contributed by atoms with Crippen LogP contribution in [0.2, 0.25) is 0 Å². The second kappa shape index (κ2) is 7.65. The third kappa shape index (κ3) is 3.40. The van der Waals surface area contributed by atoms with Crippen molar-refractivity contribution in [2.75, 3.05) is 36.0 Å². The second-order valence-electron chi connectivity index (χ2n) is 8.57. The number of hydrogen-bond acceptors (Lipinski definition) is 5. The summed E-state index contributed by atoms with van der Waals surface area (Å²) in [5.74, 6) is 3.08. The summed E-state index contributed by atoms with van der Waals surface area (Å²) in [6.07, 6.45) is 4.83. The summed E-state index contributed by atoms with van der Waals surface area (Å²) in [4.78, 5) is 19.1. The highest BCUT2D eigenvalue weighted by Gasteiger charge is 2.35. The van der Waals surface area contributed by atoms with Gasteiger partial charge in [0.2, 0.25) is 0 Å². The minimum Gasteiger partial charge on any atom is -0.355 e. The molecule has 5 nitrogen and oxygen atoms in total. The van der Waals surface area contributed by atoms with Crippen molar-refractivity contribution in [3.8, 4) is 0 Å². The highest BCUT2D eigenvalue weighted by atomic mass is 15.3. The van der Waals surface area contributed by atoms with Crippen molar-refractivity contribution >= 4 is 22.5 Å². The van der Waals surface area contributed by atoms with Crippen LogP contribution in [-0.4, -0.2) is 41.1 Å². The standard InChI is InChI=1S/C26H25N5/c1-2-6-19(7-3-1)21-12-15-30(16-21)26-25(27-13-14-28-26)22-17-31(18-22)24-11-10-20-8-4-5-9-23(20)29-24/h1-11,13-14,21-22H,12,15-18H2/t21-/m0/s1. The predicted molar refractivity (Wildman–Crippen MR) is 125 cm³/mol. The number of hydrogen-bond donors (Lipinski definition) is 0. The second-order valence-corrected chi connectivity index (χ2v) is 8.57. The average molecular weight is 408 g/mol. The summed E-state index contributed by atoms with van der Waals surface area (Å²) in [6.45, 7) is 3.92. The highest BCUT2D eigenvalue weighted by molar-refractivity contribution is 5.80. The van der Waals surface area contributed by atoms with Crippen LogP contribution in [0.15, 0.2) is 79.1 Å². The summed E-state index contributed by atoms with van der Waals surface area (Å²) in [7, 11) is 0. The Morgan fingerprint density at radius 1 is 0.710 bits per heavy atom. The molecular formula is C26H25N5. The summed E-state index contributed by atoms with van der Waals surface area (Å²) in [5.41, 5.74) is 3.61. The minimum atomic E-state index is 0.396. The molecule has 2 fully saturated rings. The Morgan fingerprint density at radius 2 is 1.48 bits per heavy atom. The smallest absolute Gasteiger partial charge is 0.150 e. The van der Waals surface area contributed by atoms with Crippen LogP contribution in [0, 0.1) is 0 Å². The van der Waals surface area contributed by atoms with Gasteiger partial charge in [0.05, 0.1) is 11.2 Å². The largest absolute Gasteiger partial charge is 0.355 e. The zero-order valence-corrected chi connectivity index (χ0v) is 17.4. The molecule has 0 N–H and O–H groups in total. The summed E-state index contributed by atoms with van der Waals surface area (Å²) in [6, 6.07) is 23.4. The molecule has 2 aliphatic heterocycles. The molecule has 0 amide bonds. The molecule has 154 valence electrons. The maximum atomic E-state index is 4.85. The first-order chi connectivity index (χ1) is 15.3. The highest BCUT2D eigenvalue weighted by Crippen LogP contribution is 2.37. The number of anilines is 2. The van der Waals surface area contributed by atoms with Crippen molar-refractivity contribution in [3.63, 3.8) is 0 Å². The molecule has 2 saturated heterocycles. The molecule has 0 radical (unpaired) electrons. The molecule has 0 aliphatic carbocycles. The van der Waals surface area contributed by atoms with E-state index in [9.17, 15) is 0 Å². The molecule has 5 heteroatoms. The van der Waals surface area contributed by atoms with E-state index in [0.717, 1.165) is 55.4 Å². The monoisotopic (exact) mass is 407 g/mol. The number of para-hydroxylation sites is 1. The van der Waals surface area contributed by atoms with E-state index in [1.165, 1.54) is 10.9 Å². The number of rotatable bonds is 4. The van der Waals surface area contributed by atoms with Crippen molar-refractivity contribution in [3.05, 3.63) is 90.4 Å². The zero-order chi connectivity index (χ0) is 20.6. The zero-order valence-electron chi connectivity index (χ0n) is 17.4. The van der Waals surface area contributed by atoms with Crippen LogP contribution < -0.4 is 9.80 Å². The van der Waals surface area contributed by atoms with Crippen LogP contribution in [0.3, 0.4) is 0 Å². The Hall–Kier alpha value is -3.47. The van der Waals surface area contributed by atoms with E-state index in [0.29, 0.717) is 11.8 Å². The molecule has 31 heavy (non-hydrogen) atoms. The van der Waals surface area contributed by atoms with Crippen LogP contribution in [0.4, 0.5) is 11.6 Å². The summed E-state index contributed by atoms with van der Waals surface area (Å²) >= 11 is 0. The van der Waals surface area contributed by atoms with Gasteiger partial charge in [0.15, 0.2) is 5.82 Å². The van der Waals surface area contributed by atoms with E-state index in [-0.39, 0.29) is 0 Å². The molecule has 2 aliphatic rings. The van der Waals surface area contributed by atoms with E-state index in [4.69, 9.17) is 15.0 Å². The Bertz CT molecular complexity index is 1200. The van der Waals surface area contributed by atoms with E-state index < -0.39 is 0 Å². The molecule has 0 spiro atoms. The Labute approximate surface area is 182 Å². The van der Waals surface area contributed by atoms with E-state index >= 15 is 0 Å². The fraction of sp³-hybridized carbons (Fsp3) is 0.269. The molecule has 2 aromatic carbocycles. The van der Waals surface area contributed by atoms with Gasteiger partial charge in [-0.25, -0.2) is 9.97 Å². The quantitative estimate of drug-likeness (QED) is 0.494. The van der Waals surface area contributed by atoms with Crippen molar-refractivity contribution < 1.29 is 0 Å². The van der Waals surface area contributed by atoms with Crippen LogP contribution in [0.5, 0.6) is 0 Å². The van der Waals surface area contributed by atoms with Gasteiger partial charge < -0.3 is 9.80 Å². The van der Waals surface area contributed by atoms with Gasteiger partial charge >= 0.3 is 0 Å². The normalized spacial score (nSPS) is 19.0. The van der Waals surface area contributed by atoms with Gasteiger partial charge in [-0.1, -0.05) is 48.5 Å². The lowest BCUT2D eigenvalue weighted by molar-refractivity contribution is 0.507. The van der Waals surface area contributed by atoms with Crippen LogP contribution in [-0.2, 0) is 0 Å². The lowest BCUT2D eigenvalue weighted by Gasteiger charge is -2.40. The van der Waals surface area contributed by atoms with Crippen LogP contribution in [0.1, 0.15) is 29.5 Å². The van der Waals surface area contributed by atoms with E-state index in [2.05, 4.69) is 70.5 Å². The van der Waals surface area contributed by atoms with Gasteiger partial charge in [-0.05, 0) is 30.2 Å². The summed E-state index contributed by atoms with van der Waals surface area (Å²) < 4.78 is 0. The first kappa shape index (κ1) is 18.3. The lowest BCUT2D eigenvalue weighted by Crippen LogP contribution is -2.46. The molecule has 2 aromatic heterocycles. The SMILES string of the molecule is c1ccc([C@H]2CCN(c3nccnc3C3CN(c4ccc5ccccc5n4)C3)C2)cc1. The molecule has 0 bridgehead atoms. The fourth-order valence-corrected chi connectivity index (χ4v) is 4.89. The Morgan fingerprint density at radius 3 is 2.39 bits per heavy atom. The van der Waals surface area contributed by atoms with Gasteiger partial charge in [0, 0.05) is 55.8 Å². The van der Waals surface area contributed by atoms with Crippen molar-refractivity contribution in [1.82, 2.24) is 15.0 Å². The van der Waals surface area contributed by atoms with Gasteiger partial charge in [-0.15, -0.1) is 0 Å². The van der Waals surface area contributed by atoms with E-state index in [1.54, 1.807) is 0 Å². The number of fused-ring (bicyclic) bond motifs is 1. The molecule has 0 unspecified atom stereocenters. The number of benzene rings is 2. The van der Waals surface area contributed by atoms with Gasteiger partial charge in [0.25, 0.3) is 0 Å².